The van der Waals surface area contributed by atoms with E-state index in [4.69, 9.17) is 11.6 Å². The van der Waals surface area contributed by atoms with E-state index in [-0.39, 0.29) is 34.1 Å². The molecule has 24 heavy (non-hydrogen) atoms. The highest BCUT2D eigenvalue weighted by atomic mass is 35.5. The highest BCUT2D eigenvalue weighted by Gasteiger charge is 2.30. The molecule has 4 nitrogen and oxygen atoms in total. The average Bonchev–Trinajstić information content (AvgIpc) is 3.12. The van der Waals surface area contributed by atoms with E-state index in [0.717, 1.165) is 5.69 Å². The van der Waals surface area contributed by atoms with E-state index in [2.05, 4.69) is 9.97 Å². The first-order chi connectivity index (χ1) is 10.9. The summed E-state index contributed by atoms with van der Waals surface area (Å²) < 4.78 is 40.8. The Morgan fingerprint density at radius 3 is 2.62 bits per heavy atom. The summed E-state index contributed by atoms with van der Waals surface area (Å²) in [7, 11) is 0. The van der Waals surface area contributed by atoms with Gasteiger partial charge < -0.3 is 9.13 Å². The van der Waals surface area contributed by atoms with Gasteiger partial charge in [0.05, 0.1) is 29.9 Å². The minimum absolute atomic E-state index is 0. The predicted octanol–water partition coefficient (Wildman–Crippen LogP) is 4.80. The minimum Gasteiger partial charge on any atom is -0.331 e. The van der Waals surface area contributed by atoms with Gasteiger partial charge in [-0.1, -0.05) is 11.6 Å². The molecule has 0 spiro atoms. The van der Waals surface area contributed by atoms with Crippen LogP contribution in [0.5, 0.6) is 0 Å². The van der Waals surface area contributed by atoms with E-state index in [0.29, 0.717) is 12.2 Å². The third kappa shape index (κ3) is 4.68. The van der Waals surface area contributed by atoms with Crippen LogP contribution in [0.4, 0.5) is 13.2 Å². The SMILES string of the molecule is Cl.FC(F)(F)Sc1ccc(-n2cnc(Cn3ccnc3)c2)cc1Cl. The lowest BCUT2D eigenvalue weighted by Crippen LogP contribution is -2.00. The van der Waals surface area contributed by atoms with Crippen molar-refractivity contribution in [1.82, 2.24) is 19.1 Å². The number of thioether (sulfide) groups is 1. The Labute approximate surface area is 151 Å². The summed E-state index contributed by atoms with van der Waals surface area (Å²) >= 11 is 5.71. The highest BCUT2D eigenvalue weighted by molar-refractivity contribution is 8.00. The van der Waals surface area contributed by atoms with Gasteiger partial charge in [-0.25, -0.2) is 9.97 Å². The van der Waals surface area contributed by atoms with Crippen LogP contribution in [0.1, 0.15) is 5.69 Å². The second-order valence-corrected chi connectivity index (χ2v) is 6.18. The molecule has 2 heterocycles. The zero-order chi connectivity index (χ0) is 16.4. The van der Waals surface area contributed by atoms with Gasteiger partial charge in [-0.2, -0.15) is 13.2 Å². The van der Waals surface area contributed by atoms with E-state index < -0.39 is 5.51 Å². The Morgan fingerprint density at radius 2 is 2.00 bits per heavy atom. The van der Waals surface area contributed by atoms with Crippen LogP contribution < -0.4 is 0 Å². The molecule has 0 aliphatic carbocycles. The van der Waals surface area contributed by atoms with Crippen molar-refractivity contribution in [2.75, 3.05) is 0 Å². The first-order valence-corrected chi connectivity index (χ1v) is 7.64. The molecular weight excluding hydrogens is 384 g/mol. The molecule has 3 aromatic rings. The molecule has 10 heteroatoms. The lowest BCUT2D eigenvalue weighted by molar-refractivity contribution is -0.0328. The second-order valence-electron chi connectivity index (χ2n) is 4.67. The molecule has 1 aromatic carbocycles. The van der Waals surface area contributed by atoms with Crippen LogP contribution in [-0.4, -0.2) is 24.6 Å². The zero-order valence-electron chi connectivity index (χ0n) is 11.9. The molecule has 0 radical (unpaired) electrons. The van der Waals surface area contributed by atoms with Crippen LogP contribution in [0.3, 0.4) is 0 Å². The van der Waals surface area contributed by atoms with Crippen LogP contribution in [0.15, 0.2) is 54.3 Å². The monoisotopic (exact) mass is 394 g/mol. The highest BCUT2D eigenvalue weighted by Crippen LogP contribution is 2.40. The van der Waals surface area contributed by atoms with Gasteiger partial charge in [0.2, 0.25) is 0 Å². The van der Waals surface area contributed by atoms with E-state index in [1.54, 1.807) is 35.7 Å². The Balaban J connectivity index is 0.00000208. The van der Waals surface area contributed by atoms with Gasteiger partial charge in [0.15, 0.2) is 0 Å². The summed E-state index contributed by atoms with van der Waals surface area (Å²) in [5.41, 5.74) is -2.92. The molecule has 2 aromatic heterocycles. The van der Waals surface area contributed by atoms with Gasteiger partial charge in [0.25, 0.3) is 0 Å². The summed E-state index contributed by atoms with van der Waals surface area (Å²) in [5, 5.41) is 0.0506. The fourth-order valence-electron chi connectivity index (χ4n) is 2.01. The normalized spacial score (nSPS) is 11.3. The van der Waals surface area contributed by atoms with Crippen LogP contribution in [0, 0.1) is 0 Å². The Bertz CT molecular complexity index is 803. The lowest BCUT2D eigenvalue weighted by atomic mass is 10.3. The van der Waals surface area contributed by atoms with E-state index >= 15 is 0 Å². The molecule has 0 unspecified atom stereocenters. The number of hydrogen-bond acceptors (Lipinski definition) is 3. The summed E-state index contributed by atoms with van der Waals surface area (Å²) in [6.07, 6.45) is 8.56. The predicted molar refractivity (Wildman–Crippen MR) is 89.1 cm³/mol. The molecule has 0 atom stereocenters. The Hall–Kier alpha value is -1.64. The number of aromatic nitrogens is 4. The number of hydrogen-bond donors (Lipinski definition) is 0. The van der Waals surface area contributed by atoms with Gasteiger partial charge in [-0.3, -0.25) is 0 Å². The standard InChI is InChI=1S/C14H10ClF3N4S.ClH/c15-12-5-11(1-2-13(12)23-14(16,17)18)22-7-10(20-9-22)6-21-4-3-19-8-21;/h1-5,7-9H,6H2;1H. The second kappa shape index (κ2) is 7.50. The van der Waals surface area contributed by atoms with Gasteiger partial charge in [0.1, 0.15) is 0 Å². The summed E-state index contributed by atoms with van der Waals surface area (Å²) in [6, 6.07) is 4.41. The van der Waals surface area contributed by atoms with Crippen LogP contribution in [0.25, 0.3) is 5.69 Å². The summed E-state index contributed by atoms with van der Waals surface area (Å²) in [5.74, 6) is 0. The van der Waals surface area contributed by atoms with E-state index in [1.165, 1.54) is 12.1 Å². The molecule has 0 fully saturated rings. The van der Waals surface area contributed by atoms with Crippen molar-refractivity contribution in [2.45, 2.75) is 16.9 Å². The zero-order valence-corrected chi connectivity index (χ0v) is 14.3. The van der Waals surface area contributed by atoms with Gasteiger partial charge in [-0.05, 0) is 30.0 Å². The van der Waals surface area contributed by atoms with E-state index in [9.17, 15) is 13.2 Å². The number of imidazole rings is 2. The number of alkyl halides is 3. The number of nitrogens with zero attached hydrogens (tertiary/aromatic N) is 4. The van der Waals surface area contributed by atoms with Gasteiger partial charge >= 0.3 is 5.51 Å². The molecule has 0 bridgehead atoms. The number of halogens is 5. The Morgan fingerprint density at radius 1 is 1.21 bits per heavy atom. The lowest BCUT2D eigenvalue weighted by Gasteiger charge is -2.09. The average molecular weight is 395 g/mol. The van der Waals surface area contributed by atoms with Crippen molar-refractivity contribution in [1.29, 1.82) is 0 Å². The van der Waals surface area contributed by atoms with E-state index in [1.807, 2.05) is 10.8 Å². The third-order valence-corrected chi connectivity index (χ3v) is 4.21. The molecule has 0 saturated carbocycles. The molecule has 0 amide bonds. The maximum atomic E-state index is 12.4. The first-order valence-electron chi connectivity index (χ1n) is 6.45. The molecule has 128 valence electrons. The fourth-order valence-corrected chi connectivity index (χ4v) is 2.84. The molecule has 0 saturated heterocycles. The van der Waals surface area contributed by atoms with Crippen molar-refractivity contribution in [3.05, 3.63) is 60.2 Å². The van der Waals surface area contributed by atoms with Crippen molar-refractivity contribution in [2.24, 2.45) is 0 Å². The maximum absolute atomic E-state index is 12.4. The molecule has 0 aliphatic heterocycles. The molecule has 0 aliphatic rings. The van der Waals surface area contributed by atoms with Crippen molar-refractivity contribution < 1.29 is 13.2 Å². The van der Waals surface area contributed by atoms with Crippen LogP contribution in [0.2, 0.25) is 5.02 Å². The van der Waals surface area contributed by atoms with Crippen molar-refractivity contribution in [3.8, 4) is 5.69 Å². The smallest absolute Gasteiger partial charge is 0.331 e. The van der Waals surface area contributed by atoms with Gasteiger partial charge in [-0.15, -0.1) is 12.4 Å². The van der Waals surface area contributed by atoms with Crippen LogP contribution in [-0.2, 0) is 6.54 Å². The topological polar surface area (TPSA) is 35.6 Å². The molecular formula is C14H11Cl2F3N4S. The fraction of sp³-hybridized carbons (Fsp3) is 0.143. The number of rotatable bonds is 4. The molecule has 0 N–H and O–H groups in total. The largest absolute Gasteiger partial charge is 0.446 e. The summed E-state index contributed by atoms with van der Waals surface area (Å²) in [6.45, 7) is 0.558. The maximum Gasteiger partial charge on any atom is 0.446 e. The third-order valence-electron chi connectivity index (χ3n) is 2.98. The van der Waals surface area contributed by atoms with Gasteiger partial charge in [0, 0.05) is 29.2 Å². The van der Waals surface area contributed by atoms with Crippen molar-refractivity contribution >= 4 is 35.8 Å². The number of benzene rings is 1. The Kier molecular flexibility index (Phi) is 5.84. The molecule has 3 rings (SSSR count). The van der Waals surface area contributed by atoms with Crippen molar-refractivity contribution in [3.63, 3.8) is 0 Å². The first kappa shape index (κ1) is 18.7. The minimum atomic E-state index is -4.36. The quantitative estimate of drug-likeness (QED) is 0.596. The van der Waals surface area contributed by atoms with Crippen LogP contribution >= 0.6 is 35.8 Å². The summed E-state index contributed by atoms with van der Waals surface area (Å²) in [4.78, 5) is 8.19.